The third kappa shape index (κ3) is 1.31. The summed E-state index contributed by atoms with van der Waals surface area (Å²) < 4.78 is 5.73. The topological polar surface area (TPSA) is 9.23 Å². The Morgan fingerprint density at radius 3 is 3.00 bits per heavy atom. The van der Waals surface area contributed by atoms with Gasteiger partial charge < -0.3 is 4.74 Å². The maximum Gasteiger partial charge on any atom is 0.0732 e. The molecule has 3 unspecified atom stereocenters. The number of hydrogen-bond donors (Lipinski definition) is 0. The standard InChI is InChI=1S/C9H16OS/c1-6(2)7-5-11-8-3-4-10-9(7)8/h6-9H,3-5H2,1-2H3. The smallest absolute Gasteiger partial charge is 0.0732 e. The molecule has 0 saturated carbocycles. The van der Waals surface area contributed by atoms with E-state index in [0.29, 0.717) is 6.10 Å². The van der Waals surface area contributed by atoms with Crippen LogP contribution >= 0.6 is 11.8 Å². The first-order chi connectivity index (χ1) is 5.29. The number of ether oxygens (including phenoxy) is 1. The minimum absolute atomic E-state index is 0.597. The van der Waals surface area contributed by atoms with E-state index in [-0.39, 0.29) is 0 Å². The molecule has 1 nitrogen and oxygen atoms in total. The van der Waals surface area contributed by atoms with Crippen molar-refractivity contribution in [2.75, 3.05) is 12.4 Å². The lowest BCUT2D eigenvalue weighted by Gasteiger charge is -2.20. The van der Waals surface area contributed by atoms with Gasteiger partial charge in [-0.25, -0.2) is 0 Å². The highest BCUT2D eigenvalue weighted by atomic mass is 32.2. The van der Waals surface area contributed by atoms with Crippen molar-refractivity contribution >= 4 is 11.8 Å². The third-order valence-electron chi connectivity index (χ3n) is 2.86. The molecular formula is C9H16OS. The first-order valence-electron chi connectivity index (χ1n) is 4.52. The fourth-order valence-corrected chi connectivity index (χ4v) is 3.85. The third-order valence-corrected chi connectivity index (χ3v) is 4.37. The van der Waals surface area contributed by atoms with Crippen LogP contribution in [0.15, 0.2) is 0 Å². The summed E-state index contributed by atoms with van der Waals surface area (Å²) in [6.45, 7) is 5.64. The van der Waals surface area contributed by atoms with Gasteiger partial charge >= 0.3 is 0 Å². The van der Waals surface area contributed by atoms with Gasteiger partial charge in [0.2, 0.25) is 0 Å². The number of thioether (sulfide) groups is 1. The Morgan fingerprint density at radius 2 is 2.27 bits per heavy atom. The molecule has 0 N–H and O–H groups in total. The molecule has 0 bridgehead atoms. The summed E-state index contributed by atoms with van der Waals surface area (Å²) in [6, 6.07) is 0. The molecule has 2 aliphatic rings. The van der Waals surface area contributed by atoms with E-state index in [1.54, 1.807) is 0 Å². The highest BCUT2D eigenvalue weighted by molar-refractivity contribution is 8.00. The summed E-state index contributed by atoms with van der Waals surface area (Å²) in [5.41, 5.74) is 0. The molecule has 0 amide bonds. The summed E-state index contributed by atoms with van der Waals surface area (Å²) in [5.74, 6) is 2.95. The van der Waals surface area contributed by atoms with E-state index < -0.39 is 0 Å². The zero-order chi connectivity index (χ0) is 7.84. The van der Waals surface area contributed by atoms with Crippen LogP contribution in [0.1, 0.15) is 20.3 Å². The predicted molar refractivity (Wildman–Crippen MR) is 48.9 cm³/mol. The molecule has 0 aromatic heterocycles. The summed E-state index contributed by atoms with van der Waals surface area (Å²) in [7, 11) is 0. The Morgan fingerprint density at radius 1 is 1.45 bits per heavy atom. The minimum Gasteiger partial charge on any atom is -0.377 e. The van der Waals surface area contributed by atoms with Gasteiger partial charge in [0, 0.05) is 11.9 Å². The van der Waals surface area contributed by atoms with Crippen molar-refractivity contribution in [3.8, 4) is 0 Å². The zero-order valence-corrected chi connectivity index (χ0v) is 8.06. The first kappa shape index (κ1) is 7.93. The predicted octanol–water partition coefficient (Wildman–Crippen LogP) is 2.16. The van der Waals surface area contributed by atoms with Crippen LogP contribution in [0.4, 0.5) is 0 Å². The van der Waals surface area contributed by atoms with Crippen LogP contribution in [0.5, 0.6) is 0 Å². The van der Waals surface area contributed by atoms with Crippen molar-refractivity contribution in [2.24, 2.45) is 11.8 Å². The van der Waals surface area contributed by atoms with Crippen LogP contribution in [0, 0.1) is 11.8 Å². The highest BCUT2D eigenvalue weighted by Crippen LogP contribution is 2.42. The van der Waals surface area contributed by atoms with Gasteiger partial charge in [-0.2, -0.15) is 11.8 Å². The van der Waals surface area contributed by atoms with Gasteiger partial charge in [0.05, 0.1) is 6.10 Å². The van der Waals surface area contributed by atoms with Crippen LogP contribution in [-0.4, -0.2) is 23.7 Å². The summed E-state index contributed by atoms with van der Waals surface area (Å²) >= 11 is 2.12. The van der Waals surface area contributed by atoms with E-state index >= 15 is 0 Å². The fraction of sp³-hybridized carbons (Fsp3) is 1.00. The molecule has 2 heterocycles. The Balaban J connectivity index is 2.03. The SMILES string of the molecule is CC(C)C1CSC2CCOC21. The Labute approximate surface area is 72.9 Å². The van der Waals surface area contributed by atoms with Gasteiger partial charge in [-0.3, -0.25) is 0 Å². The van der Waals surface area contributed by atoms with Gasteiger partial charge in [-0.15, -0.1) is 0 Å². The normalized spacial score (nSPS) is 43.4. The summed E-state index contributed by atoms with van der Waals surface area (Å²) in [5, 5.41) is 0.836. The van der Waals surface area contributed by atoms with Crippen molar-refractivity contribution in [2.45, 2.75) is 31.6 Å². The molecule has 3 atom stereocenters. The van der Waals surface area contributed by atoms with Gasteiger partial charge in [-0.05, 0) is 24.0 Å². The molecular weight excluding hydrogens is 156 g/mol. The Bertz CT molecular complexity index is 146. The van der Waals surface area contributed by atoms with Crippen LogP contribution < -0.4 is 0 Å². The molecule has 2 saturated heterocycles. The van der Waals surface area contributed by atoms with E-state index in [9.17, 15) is 0 Å². The Kier molecular flexibility index (Phi) is 2.15. The van der Waals surface area contributed by atoms with Crippen molar-refractivity contribution in [1.82, 2.24) is 0 Å². The average Bonchev–Trinajstić information content (AvgIpc) is 2.41. The van der Waals surface area contributed by atoms with Crippen LogP contribution in [-0.2, 0) is 4.74 Å². The van der Waals surface area contributed by atoms with E-state index in [2.05, 4.69) is 25.6 Å². The maximum absolute atomic E-state index is 5.73. The number of fused-ring (bicyclic) bond motifs is 1. The van der Waals surface area contributed by atoms with Crippen LogP contribution in [0.25, 0.3) is 0 Å². The van der Waals surface area contributed by atoms with Crippen molar-refractivity contribution < 1.29 is 4.74 Å². The molecule has 0 radical (unpaired) electrons. The second kappa shape index (κ2) is 2.98. The molecule has 0 aromatic rings. The molecule has 2 rings (SSSR count). The van der Waals surface area contributed by atoms with E-state index in [4.69, 9.17) is 4.74 Å². The quantitative estimate of drug-likeness (QED) is 0.599. The largest absolute Gasteiger partial charge is 0.377 e. The second-order valence-corrected chi connectivity index (χ2v) is 5.18. The molecule has 0 spiro atoms. The van der Waals surface area contributed by atoms with Crippen LogP contribution in [0.3, 0.4) is 0 Å². The van der Waals surface area contributed by atoms with Crippen molar-refractivity contribution in [3.63, 3.8) is 0 Å². The number of hydrogen-bond acceptors (Lipinski definition) is 2. The minimum atomic E-state index is 0.597. The monoisotopic (exact) mass is 172 g/mol. The van der Waals surface area contributed by atoms with Gasteiger partial charge in [0.1, 0.15) is 0 Å². The molecule has 2 aliphatic heterocycles. The van der Waals surface area contributed by atoms with Crippen molar-refractivity contribution in [1.29, 1.82) is 0 Å². The average molecular weight is 172 g/mol. The number of rotatable bonds is 1. The lowest BCUT2D eigenvalue weighted by atomic mass is 9.91. The van der Waals surface area contributed by atoms with Gasteiger partial charge in [-0.1, -0.05) is 13.8 Å². The Hall–Kier alpha value is 0.310. The summed E-state index contributed by atoms with van der Waals surface area (Å²) in [4.78, 5) is 0. The second-order valence-electron chi connectivity index (χ2n) is 3.90. The highest BCUT2D eigenvalue weighted by Gasteiger charge is 2.41. The molecule has 11 heavy (non-hydrogen) atoms. The van der Waals surface area contributed by atoms with E-state index in [1.807, 2.05) is 0 Å². The maximum atomic E-state index is 5.73. The molecule has 0 aliphatic carbocycles. The van der Waals surface area contributed by atoms with Crippen molar-refractivity contribution in [3.05, 3.63) is 0 Å². The molecule has 0 aromatic carbocycles. The molecule has 2 heteroatoms. The van der Waals surface area contributed by atoms with E-state index in [0.717, 1.165) is 23.7 Å². The van der Waals surface area contributed by atoms with Gasteiger partial charge in [0.25, 0.3) is 0 Å². The molecule has 2 fully saturated rings. The zero-order valence-electron chi connectivity index (χ0n) is 7.25. The molecule has 64 valence electrons. The van der Waals surface area contributed by atoms with E-state index in [1.165, 1.54) is 12.2 Å². The lowest BCUT2D eigenvalue weighted by molar-refractivity contribution is 0.0619. The fourth-order valence-electron chi connectivity index (χ4n) is 2.07. The van der Waals surface area contributed by atoms with Gasteiger partial charge in [0.15, 0.2) is 0 Å². The summed E-state index contributed by atoms with van der Waals surface area (Å²) in [6.07, 6.45) is 1.89. The lowest BCUT2D eigenvalue weighted by Crippen LogP contribution is -2.26. The first-order valence-corrected chi connectivity index (χ1v) is 5.57. The van der Waals surface area contributed by atoms with Crippen LogP contribution in [0.2, 0.25) is 0 Å².